The number of aryl methyl sites for hydroxylation is 1. The van der Waals surface area contributed by atoms with E-state index in [1.165, 1.54) is 0 Å². The third kappa shape index (κ3) is 4.07. The number of aliphatic carboxylic acids is 1. The molecule has 0 amide bonds. The summed E-state index contributed by atoms with van der Waals surface area (Å²) in [6.07, 6.45) is 0.577. The number of aromatic nitrogens is 1. The van der Waals surface area contributed by atoms with Crippen molar-refractivity contribution in [2.45, 2.75) is 26.7 Å². The quantitative estimate of drug-likeness (QED) is 0.521. The highest BCUT2D eigenvalue weighted by Crippen LogP contribution is 2.25. The van der Waals surface area contributed by atoms with Gasteiger partial charge in [-0.1, -0.05) is 12.1 Å². The fourth-order valence-corrected chi connectivity index (χ4v) is 3.18. The predicted octanol–water partition coefficient (Wildman–Crippen LogP) is 4.06. The molecule has 0 saturated carbocycles. The van der Waals surface area contributed by atoms with Gasteiger partial charge in [0.2, 0.25) is 0 Å². The van der Waals surface area contributed by atoms with Crippen LogP contribution in [0.4, 0.5) is 0 Å². The average molecular weight is 375 g/mol. The molecule has 0 spiro atoms. The SMILES string of the molecule is CC#CCCOc1ccc(C(=O)n2c(C)cc3c(CC(=O)O)cccc32)cc1. The van der Waals surface area contributed by atoms with Gasteiger partial charge in [-0.2, -0.15) is 0 Å². The highest BCUT2D eigenvalue weighted by Gasteiger charge is 2.17. The Bertz CT molecular complexity index is 1080. The van der Waals surface area contributed by atoms with Crippen molar-refractivity contribution in [1.29, 1.82) is 0 Å². The van der Waals surface area contributed by atoms with Crippen molar-refractivity contribution < 1.29 is 19.4 Å². The number of ether oxygens (including phenoxy) is 1. The van der Waals surface area contributed by atoms with E-state index in [1.54, 1.807) is 47.9 Å². The van der Waals surface area contributed by atoms with Crippen molar-refractivity contribution in [3.63, 3.8) is 0 Å². The first-order valence-electron chi connectivity index (χ1n) is 9.00. The number of carboxylic acids is 1. The smallest absolute Gasteiger partial charge is 0.307 e. The lowest BCUT2D eigenvalue weighted by Crippen LogP contribution is -2.13. The second kappa shape index (κ2) is 8.45. The summed E-state index contributed by atoms with van der Waals surface area (Å²) in [5.41, 5.74) is 2.69. The van der Waals surface area contributed by atoms with Gasteiger partial charge < -0.3 is 9.84 Å². The van der Waals surface area contributed by atoms with E-state index in [1.807, 2.05) is 19.1 Å². The van der Waals surface area contributed by atoms with Crippen LogP contribution in [-0.2, 0) is 11.2 Å². The summed E-state index contributed by atoms with van der Waals surface area (Å²) in [4.78, 5) is 24.2. The molecule has 5 nitrogen and oxygen atoms in total. The van der Waals surface area contributed by atoms with Crippen molar-refractivity contribution in [1.82, 2.24) is 4.57 Å². The standard InChI is InChI=1S/C23H21NO4/c1-3-4-5-13-28-19-11-9-17(10-12-19)23(27)24-16(2)14-20-18(15-22(25)26)7-6-8-21(20)24/h6-12,14H,5,13,15H2,1-2H3,(H,25,26). The molecule has 0 saturated heterocycles. The summed E-state index contributed by atoms with van der Waals surface area (Å²) >= 11 is 0. The Morgan fingerprint density at radius 2 is 1.89 bits per heavy atom. The van der Waals surface area contributed by atoms with Gasteiger partial charge >= 0.3 is 5.97 Å². The molecule has 0 unspecified atom stereocenters. The van der Waals surface area contributed by atoms with Crippen LogP contribution in [0.2, 0.25) is 0 Å². The predicted molar refractivity (Wildman–Crippen MR) is 108 cm³/mol. The van der Waals surface area contributed by atoms with Gasteiger partial charge in [-0.15, -0.1) is 11.8 Å². The first-order valence-corrected chi connectivity index (χ1v) is 9.00. The van der Waals surface area contributed by atoms with Crippen LogP contribution < -0.4 is 4.74 Å². The molecule has 1 heterocycles. The molecule has 3 aromatic rings. The van der Waals surface area contributed by atoms with Crippen LogP contribution in [-0.4, -0.2) is 28.2 Å². The normalized spacial score (nSPS) is 10.4. The average Bonchev–Trinajstić information content (AvgIpc) is 3.02. The van der Waals surface area contributed by atoms with Crippen LogP contribution in [0.1, 0.15) is 35.0 Å². The van der Waals surface area contributed by atoms with Crippen LogP contribution in [0, 0.1) is 18.8 Å². The summed E-state index contributed by atoms with van der Waals surface area (Å²) in [7, 11) is 0. The summed E-state index contributed by atoms with van der Waals surface area (Å²) in [5, 5.41) is 9.90. The lowest BCUT2D eigenvalue weighted by molar-refractivity contribution is -0.136. The van der Waals surface area contributed by atoms with Gasteiger partial charge in [0.05, 0.1) is 18.5 Å². The molecule has 0 aliphatic carbocycles. The maximum absolute atomic E-state index is 13.1. The molecule has 142 valence electrons. The van der Waals surface area contributed by atoms with Crippen LogP contribution in [0.3, 0.4) is 0 Å². The van der Waals surface area contributed by atoms with Crippen molar-refractivity contribution in [3.8, 4) is 17.6 Å². The van der Waals surface area contributed by atoms with E-state index < -0.39 is 5.97 Å². The lowest BCUT2D eigenvalue weighted by Gasteiger charge is -2.09. The van der Waals surface area contributed by atoms with Gasteiger partial charge in [-0.05, 0) is 55.8 Å². The highest BCUT2D eigenvalue weighted by atomic mass is 16.5. The number of hydrogen-bond acceptors (Lipinski definition) is 3. The third-order valence-corrected chi connectivity index (χ3v) is 4.44. The largest absolute Gasteiger partial charge is 0.493 e. The van der Waals surface area contributed by atoms with Crippen molar-refractivity contribution in [2.24, 2.45) is 0 Å². The molecule has 0 radical (unpaired) electrons. The van der Waals surface area contributed by atoms with Crippen molar-refractivity contribution in [2.75, 3.05) is 6.61 Å². The monoisotopic (exact) mass is 375 g/mol. The molecular formula is C23H21NO4. The summed E-state index contributed by atoms with van der Waals surface area (Å²) in [6.45, 7) is 4.13. The molecule has 2 aromatic carbocycles. The minimum atomic E-state index is -0.898. The Balaban J connectivity index is 1.88. The molecule has 0 bridgehead atoms. The number of rotatable bonds is 6. The first-order chi connectivity index (χ1) is 13.5. The van der Waals surface area contributed by atoms with E-state index >= 15 is 0 Å². The zero-order valence-corrected chi connectivity index (χ0v) is 15.9. The van der Waals surface area contributed by atoms with E-state index in [4.69, 9.17) is 9.84 Å². The number of benzene rings is 2. The molecule has 0 fully saturated rings. The lowest BCUT2D eigenvalue weighted by atomic mass is 10.1. The van der Waals surface area contributed by atoms with Gasteiger partial charge in [-0.3, -0.25) is 14.2 Å². The molecule has 5 heteroatoms. The number of hydrogen-bond donors (Lipinski definition) is 1. The molecule has 0 aliphatic heterocycles. The van der Waals surface area contributed by atoms with Crippen LogP contribution in [0.15, 0.2) is 48.5 Å². The first kappa shape index (κ1) is 19.2. The maximum atomic E-state index is 13.1. The van der Waals surface area contributed by atoms with Crippen LogP contribution >= 0.6 is 0 Å². The Labute approximate surface area is 163 Å². The second-order valence-corrected chi connectivity index (χ2v) is 6.40. The molecule has 1 aromatic heterocycles. The zero-order chi connectivity index (χ0) is 20.1. The Morgan fingerprint density at radius 1 is 1.14 bits per heavy atom. The number of carbonyl (C=O) groups excluding carboxylic acids is 1. The maximum Gasteiger partial charge on any atom is 0.307 e. The minimum absolute atomic E-state index is 0.0799. The van der Waals surface area contributed by atoms with Crippen molar-refractivity contribution >= 4 is 22.8 Å². The fraction of sp³-hybridized carbons (Fsp3) is 0.217. The minimum Gasteiger partial charge on any atom is -0.493 e. The summed E-state index contributed by atoms with van der Waals surface area (Å²) in [6, 6.07) is 14.2. The molecule has 1 N–H and O–H groups in total. The van der Waals surface area contributed by atoms with E-state index in [0.717, 1.165) is 11.1 Å². The van der Waals surface area contributed by atoms with Crippen LogP contribution in [0.5, 0.6) is 5.75 Å². The molecular weight excluding hydrogens is 354 g/mol. The number of fused-ring (bicyclic) bond motifs is 1. The van der Waals surface area contributed by atoms with E-state index in [0.29, 0.717) is 35.4 Å². The number of carboxylic acid groups (broad SMARTS) is 1. The summed E-state index contributed by atoms with van der Waals surface area (Å²) in [5.74, 6) is 5.38. The fourth-order valence-electron chi connectivity index (χ4n) is 3.18. The van der Waals surface area contributed by atoms with Crippen LogP contribution in [0.25, 0.3) is 10.9 Å². The Kier molecular flexibility index (Phi) is 5.81. The highest BCUT2D eigenvalue weighted by molar-refractivity contribution is 6.04. The topological polar surface area (TPSA) is 68.5 Å². The Morgan fingerprint density at radius 3 is 2.57 bits per heavy atom. The van der Waals surface area contributed by atoms with Gasteiger partial charge in [-0.25, -0.2) is 0 Å². The number of carbonyl (C=O) groups is 2. The van der Waals surface area contributed by atoms with Gasteiger partial charge in [0.15, 0.2) is 0 Å². The van der Waals surface area contributed by atoms with Gasteiger partial charge in [0.1, 0.15) is 5.75 Å². The van der Waals surface area contributed by atoms with E-state index in [2.05, 4.69) is 11.8 Å². The second-order valence-electron chi connectivity index (χ2n) is 6.40. The molecule has 3 rings (SSSR count). The molecule has 28 heavy (non-hydrogen) atoms. The van der Waals surface area contributed by atoms with Gasteiger partial charge in [0.25, 0.3) is 5.91 Å². The van der Waals surface area contributed by atoms with E-state index in [9.17, 15) is 9.59 Å². The third-order valence-electron chi connectivity index (χ3n) is 4.44. The molecule has 0 atom stereocenters. The van der Waals surface area contributed by atoms with Crippen molar-refractivity contribution in [3.05, 3.63) is 65.4 Å². The summed E-state index contributed by atoms with van der Waals surface area (Å²) < 4.78 is 7.22. The Hall–Kier alpha value is -3.52. The molecule has 0 aliphatic rings. The number of nitrogens with zero attached hydrogens (tertiary/aromatic N) is 1. The van der Waals surface area contributed by atoms with Gasteiger partial charge in [0, 0.05) is 23.1 Å². The zero-order valence-electron chi connectivity index (χ0n) is 15.9. The van der Waals surface area contributed by atoms with E-state index in [-0.39, 0.29) is 12.3 Å².